The van der Waals surface area contributed by atoms with Gasteiger partial charge in [-0.3, -0.25) is 4.79 Å². The Morgan fingerprint density at radius 3 is 2.77 bits per heavy atom. The Morgan fingerprint density at radius 2 is 2.05 bits per heavy atom. The molecule has 0 fully saturated rings. The molecule has 0 atom stereocenters. The number of carboxylic acid groups (broad SMARTS) is 1. The number of hydrogen-bond donors (Lipinski definition) is 2. The van der Waals surface area contributed by atoms with Crippen LogP contribution >= 0.6 is 0 Å². The molecule has 3 rings (SSSR count). The van der Waals surface area contributed by atoms with Crippen molar-refractivity contribution in [2.45, 2.75) is 6.92 Å². The normalized spacial score (nSPS) is 10.6. The van der Waals surface area contributed by atoms with Gasteiger partial charge in [-0.25, -0.2) is 9.78 Å². The number of hydrogen-bond acceptors (Lipinski definition) is 3. The summed E-state index contributed by atoms with van der Waals surface area (Å²) in [7, 11) is 0. The van der Waals surface area contributed by atoms with Crippen molar-refractivity contribution >= 4 is 23.2 Å². The molecule has 0 unspecified atom stereocenters. The highest BCUT2D eigenvalue weighted by Gasteiger charge is 2.12. The van der Waals surface area contributed by atoms with E-state index in [1.165, 1.54) is 13.0 Å². The predicted molar refractivity (Wildman–Crippen MR) is 81.9 cm³/mol. The van der Waals surface area contributed by atoms with Crippen LogP contribution < -0.4 is 5.32 Å². The van der Waals surface area contributed by atoms with Crippen LogP contribution in [0.3, 0.4) is 0 Å². The van der Waals surface area contributed by atoms with Crippen LogP contribution in [0.5, 0.6) is 0 Å². The molecule has 6 nitrogen and oxygen atoms in total. The maximum absolute atomic E-state index is 11.2. The lowest BCUT2D eigenvalue weighted by molar-refractivity contribution is -0.114. The predicted octanol–water partition coefficient (Wildman–Crippen LogP) is 2.66. The first-order valence-corrected chi connectivity index (χ1v) is 6.63. The molecule has 110 valence electrons. The van der Waals surface area contributed by atoms with Crippen molar-refractivity contribution in [1.29, 1.82) is 0 Å². The number of imidazole rings is 1. The fraction of sp³-hybridized carbons (Fsp3) is 0.0625. The van der Waals surface area contributed by atoms with E-state index >= 15 is 0 Å². The number of carbonyl (C=O) groups is 2. The zero-order valence-corrected chi connectivity index (χ0v) is 11.8. The summed E-state index contributed by atoms with van der Waals surface area (Å²) in [5.41, 5.74) is 2.63. The number of aromatic nitrogens is 2. The highest BCUT2D eigenvalue weighted by molar-refractivity contribution is 5.95. The number of pyridine rings is 1. The minimum Gasteiger partial charge on any atom is -0.478 e. The molecule has 0 aliphatic carbocycles. The fourth-order valence-corrected chi connectivity index (χ4v) is 2.28. The monoisotopic (exact) mass is 295 g/mol. The Balaban J connectivity index is 2.09. The Kier molecular flexibility index (Phi) is 3.34. The van der Waals surface area contributed by atoms with E-state index in [1.54, 1.807) is 35.0 Å². The molecule has 2 heterocycles. The Morgan fingerprint density at radius 1 is 1.23 bits per heavy atom. The largest absolute Gasteiger partial charge is 0.478 e. The lowest BCUT2D eigenvalue weighted by Gasteiger charge is -2.03. The third-order valence-corrected chi connectivity index (χ3v) is 3.19. The van der Waals surface area contributed by atoms with Gasteiger partial charge in [0.15, 0.2) is 5.65 Å². The Bertz CT molecular complexity index is 883. The van der Waals surface area contributed by atoms with Gasteiger partial charge >= 0.3 is 5.97 Å². The minimum atomic E-state index is -1.02. The van der Waals surface area contributed by atoms with Crippen LogP contribution in [0, 0.1) is 0 Å². The molecule has 0 aliphatic rings. The van der Waals surface area contributed by atoms with Crippen LogP contribution in [0.1, 0.15) is 17.3 Å². The number of fused-ring (bicyclic) bond motifs is 1. The number of rotatable bonds is 3. The zero-order valence-electron chi connectivity index (χ0n) is 11.8. The summed E-state index contributed by atoms with van der Waals surface area (Å²) in [4.78, 5) is 26.8. The SMILES string of the molecule is CC(=O)Nc1cccc(-c2cn3cccc(C(=O)O)c3n2)c1. The number of anilines is 1. The number of carbonyl (C=O) groups excluding carboxylic acids is 1. The van der Waals surface area contributed by atoms with Crippen molar-refractivity contribution < 1.29 is 14.7 Å². The van der Waals surface area contributed by atoms with Crippen LogP contribution in [0.15, 0.2) is 48.8 Å². The molecular formula is C16H13N3O3. The quantitative estimate of drug-likeness (QED) is 0.778. The average Bonchev–Trinajstić information content (AvgIpc) is 2.90. The second kappa shape index (κ2) is 5.33. The van der Waals surface area contributed by atoms with E-state index in [0.29, 0.717) is 17.0 Å². The molecule has 0 radical (unpaired) electrons. The number of amides is 1. The lowest BCUT2D eigenvalue weighted by atomic mass is 10.1. The first-order valence-electron chi connectivity index (χ1n) is 6.63. The zero-order chi connectivity index (χ0) is 15.7. The van der Waals surface area contributed by atoms with Crippen molar-refractivity contribution in [2.24, 2.45) is 0 Å². The Labute approximate surface area is 126 Å². The second-order valence-electron chi connectivity index (χ2n) is 4.85. The molecule has 0 saturated carbocycles. The summed E-state index contributed by atoms with van der Waals surface area (Å²) >= 11 is 0. The first kappa shape index (κ1) is 13.8. The van der Waals surface area contributed by atoms with Gasteiger partial charge in [-0.05, 0) is 24.3 Å². The van der Waals surface area contributed by atoms with E-state index in [9.17, 15) is 14.7 Å². The van der Waals surface area contributed by atoms with Crippen molar-refractivity contribution in [1.82, 2.24) is 9.38 Å². The summed E-state index contributed by atoms with van der Waals surface area (Å²) in [6.45, 7) is 1.44. The topological polar surface area (TPSA) is 83.7 Å². The van der Waals surface area contributed by atoms with Crippen LogP contribution in [0.2, 0.25) is 0 Å². The maximum atomic E-state index is 11.2. The van der Waals surface area contributed by atoms with Crippen molar-refractivity contribution in [3.8, 4) is 11.3 Å². The summed E-state index contributed by atoms with van der Waals surface area (Å²) in [6, 6.07) is 10.4. The van der Waals surface area contributed by atoms with Crippen LogP contribution in [-0.2, 0) is 4.79 Å². The van der Waals surface area contributed by atoms with Crippen LogP contribution in [-0.4, -0.2) is 26.4 Å². The molecule has 22 heavy (non-hydrogen) atoms. The van der Waals surface area contributed by atoms with E-state index in [-0.39, 0.29) is 11.5 Å². The van der Waals surface area contributed by atoms with E-state index in [1.807, 2.05) is 12.1 Å². The van der Waals surface area contributed by atoms with Gasteiger partial charge in [-0.1, -0.05) is 12.1 Å². The van der Waals surface area contributed by atoms with Gasteiger partial charge in [-0.2, -0.15) is 0 Å². The standard InChI is InChI=1S/C16H13N3O3/c1-10(20)17-12-5-2-4-11(8-12)14-9-19-7-3-6-13(16(21)22)15(19)18-14/h2-9H,1H3,(H,17,20)(H,21,22). The minimum absolute atomic E-state index is 0.145. The van der Waals surface area contributed by atoms with E-state index in [4.69, 9.17) is 0 Å². The molecule has 0 spiro atoms. The van der Waals surface area contributed by atoms with Gasteiger partial charge < -0.3 is 14.8 Å². The third kappa shape index (κ3) is 2.54. The molecule has 2 aromatic heterocycles. The van der Waals surface area contributed by atoms with Crippen LogP contribution in [0.25, 0.3) is 16.9 Å². The van der Waals surface area contributed by atoms with Gasteiger partial charge in [-0.15, -0.1) is 0 Å². The summed E-state index contributed by atoms with van der Waals surface area (Å²) in [6.07, 6.45) is 3.50. The number of aromatic carboxylic acids is 1. The fourth-order valence-electron chi connectivity index (χ4n) is 2.28. The average molecular weight is 295 g/mol. The first-order chi connectivity index (χ1) is 10.5. The van der Waals surface area contributed by atoms with E-state index < -0.39 is 5.97 Å². The molecule has 2 N–H and O–H groups in total. The molecule has 3 aromatic rings. The van der Waals surface area contributed by atoms with Crippen molar-refractivity contribution in [3.63, 3.8) is 0 Å². The summed E-state index contributed by atoms with van der Waals surface area (Å²) in [5, 5.41) is 11.9. The van der Waals surface area contributed by atoms with Gasteiger partial charge in [0, 0.05) is 30.6 Å². The number of nitrogens with zero attached hydrogens (tertiary/aromatic N) is 2. The molecule has 0 saturated heterocycles. The van der Waals surface area contributed by atoms with Crippen LogP contribution in [0.4, 0.5) is 5.69 Å². The third-order valence-electron chi connectivity index (χ3n) is 3.19. The van der Waals surface area contributed by atoms with E-state index in [0.717, 1.165) is 5.56 Å². The van der Waals surface area contributed by atoms with Gasteiger partial charge in [0.25, 0.3) is 0 Å². The molecule has 6 heteroatoms. The molecule has 0 bridgehead atoms. The summed E-state index contributed by atoms with van der Waals surface area (Å²) in [5.74, 6) is -1.17. The molecule has 1 aromatic carbocycles. The molecular weight excluding hydrogens is 282 g/mol. The number of benzene rings is 1. The number of carboxylic acids is 1. The highest BCUT2D eigenvalue weighted by atomic mass is 16.4. The summed E-state index contributed by atoms with van der Waals surface area (Å²) < 4.78 is 1.67. The van der Waals surface area contributed by atoms with Crippen molar-refractivity contribution in [2.75, 3.05) is 5.32 Å². The highest BCUT2D eigenvalue weighted by Crippen LogP contribution is 2.23. The van der Waals surface area contributed by atoms with Gasteiger partial charge in [0.1, 0.15) is 5.56 Å². The Hall–Kier alpha value is -3.15. The number of nitrogens with one attached hydrogen (secondary N) is 1. The molecule has 1 amide bonds. The van der Waals surface area contributed by atoms with Crippen molar-refractivity contribution in [3.05, 3.63) is 54.4 Å². The van der Waals surface area contributed by atoms with Gasteiger partial charge in [0.2, 0.25) is 5.91 Å². The van der Waals surface area contributed by atoms with E-state index in [2.05, 4.69) is 10.3 Å². The molecule has 0 aliphatic heterocycles. The second-order valence-corrected chi connectivity index (χ2v) is 4.85. The smallest absolute Gasteiger partial charge is 0.339 e. The lowest BCUT2D eigenvalue weighted by Crippen LogP contribution is -2.05. The van der Waals surface area contributed by atoms with Gasteiger partial charge in [0.05, 0.1) is 5.69 Å². The maximum Gasteiger partial charge on any atom is 0.339 e.